The average Bonchev–Trinajstić information content (AvgIpc) is 3.10. The zero-order valence-electron chi connectivity index (χ0n) is 16.1. The Kier molecular flexibility index (Phi) is 4.99. The van der Waals surface area contributed by atoms with Gasteiger partial charge in [0, 0.05) is 29.0 Å². The first kappa shape index (κ1) is 18.7. The predicted octanol–water partition coefficient (Wildman–Crippen LogP) is 3.51. The molecule has 0 spiro atoms. The van der Waals surface area contributed by atoms with Crippen molar-refractivity contribution in [3.8, 4) is 0 Å². The van der Waals surface area contributed by atoms with Crippen LogP contribution in [0.2, 0.25) is 0 Å². The van der Waals surface area contributed by atoms with Crippen LogP contribution in [0.15, 0.2) is 60.7 Å². The smallest absolute Gasteiger partial charge is 0.270 e. The number of fused-ring (bicyclic) bond motifs is 1. The molecule has 0 unspecified atom stereocenters. The van der Waals surface area contributed by atoms with E-state index in [-0.39, 0.29) is 23.4 Å². The first-order chi connectivity index (χ1) is 14.0. The van der Waals surface area contributed by atoms with Crippen molar-refractivity contribution >= 4 is 28.9 Å². The summed E-state index contributed by atoms with van der Waals surface area (Å²) in [6.07, 6.45) is 1.63. The summed E-state index contributed by atoms with van der Waals surface area (Å²) in [6, 6.07) is 18.6. The molecular weight excluding hydrogens is 364 g/mol. The minimum Gasteiger partial charge on any atom is -0.399 e. The molecule has 1 aliphatic carbocycles. The first-order valence-electron chi connectivity index (χ1n) is 9.51. The molecule has 0 saturated heterocycles. The zero-order chi connectivity index (χ0) is 20.4. The lowest BCUT2D eigenvalue weighted by atomic mass is 10.1. The van der Waals surface area contributed by atoms with Gasteiger partial charge in [-0.3, -0.25) is 9.59 Å². The summed E-state index contributed by atoms with van der Waals surface area (Å²) in [7, 11) is 0. The van der Waals surface area contributed by atoms with Crippen molar-refractivity contribution in [1.29, 1.82) is 0 Å². The Bertz CT molecular complexity index is 1070. The van der Waals surface area contributed by atoms with E-state index in [1.165, 1.54) is 18.1 Å². The quantitative estimate of drug-likeness (QED) is 0.583. The van der Waals surface area contributed by atoms with Gasteiger partial charge in [0.2, 0.25) is 0 Å². The molecule has 0 aliphatic heterocycles. The Morgan fingerprint density at radius 2 is 1.72 bits per heavy atom. The maximum absolute atomic E-state index is 12.8. The molecule has 0 saturated carbocycles. The van der Waals surface area contributed by atoms with E-state index in [0.29, 0.717) is 22.8 Å². The average molecular weight is 386 g/mol. The number of anilines is 3. The van der Waals surface area contributed by atoms with Crippen molar-refractivity contribution in [2.45, 2.75) is 25.8 Å². The van der Waals surface area contributed by atoms with Crippen LogP contribution in [0.3, 0.4) is 0 Å². The lowest BCUT2D eigenvalue weighted by Crippen LogP contribution is -2.35. The van der Waals surface area contributed by atoms with E-state index >= 15 is 0 Å². The molecule has 4 rings (SSSR count). The molecule has 2 aromatic carbocycles. The summed E-state index contributed by atoms with van der Waals surface area (Å²) in [5, 5.41) is 6.17. The van der Waals surface area contributed by atoms with Gasteiger partial charge >= 0.3 is 0 Å². The number of ketones is 1. The number of hydrogen-bond donors (Lipinski definition) is 3. The number of amides is 1. The number of carbonyl (C=O) groups is 2. The predicted molar refractivity (Wildman–Crippen MR) is 113 cm³/mol. The highest BCUT2D eigenvalue weighted by atomic mass is 16.2. The number of Topliss-reactive ketones (excluding diaryl/α,β-unsaturated/α-hetero) is 1. The molecule has 0 bridgehead atoms. The molecule has 6 nitrogen and oxygen atoms in total. The van der Waals surface area contributed by atoms with Gasteiger partial charge in [0.05, 0.1) is 0 Å². The first-order valence-corrected chi connectivity index (χ1v) is 9.51. The zero-order valence-corrected chi connectivity index (χ0v) is 16.1. The summed E-state index contributed by atoms with van der Waals surface area (Å²) in [6.45, 7) is 1.52. The van der Waals surface area contributed by atoms with Gasteiger partial charge in [-0.1, -0.05) is 36.4 Å². The SMILES string of the molecule is CC(=O)c1cccc(Nc2cc(N)cc(C(=O)NC3Cc4ccccc4C3)n2)c1. The molecule has 0 atom stereocenters. The van der Waals surface area contributed by atoms with Crippen LogP contribution in [-0.4, -0.2) is 22.7 Å². The minimum atomic E-state index is -0.254. The van der Waals surface area contributed by atoms with Crippen LogP contribution in [0, 0.1) is 0 Å². The van der Waals surface area contributed by atoms with Gasteiger partial charge in [-0.2, -0.15) is 0 Å². The number of nitrogens with two attached hydrogens (primary N) is 1. The van der Waals surface area contributed by atoms with Crippen LogP contribution < -0.4 is 16.4 Å². The molecule has 1 aliphatic rings. The molecule has 1 amide bonds. The Morgan fingerprint density at radius 3 is 2.41 bits per heavy atom. The maximum Gasteiger partial charge on any atom is 0.270 e. The third kappa shape index (κ3) is 4.27. The molecule has 3 aromatic rings. The lowest BCUT2D eigenvalue weighted by Gasteiger charge is -2.13. The molecule has 0 fully saturated rings. The standard InChI is InChI=1S/C23H22N4O2/c1-14(28)15-7-4-8-19(9-15)25-22-13-18(24)12-21(27-22)23(29)26-20-10-16-5-2-3-6-17(16)11-20/h2-9,12-13,20H,10-11H2,1H3,(H,26,29)(H3,24,25,27). The van der Waals surface area contributed by atoms with Crippen LogP contribution in [0.25, 0.3) is 0 Å². The Labute approximate surface area is 169 Å². The number of hydrogen-bond acceptors (Lipinski definition) is 5. The van der Waals surface area contributed by atoms with E-state index in [1.807, 2.05) is 18.2 Å². The van der Waals surface area contributed by atoms with E-state index in [0.717, 1.165) is 12.8 Å². The van der Waals surface area contributed by atoms with Gasteiger partial charge in [0.25, 0.3) is 5.91 Å². The Hall–Kier alpha value is -3.67. The van der Waals surface area contributed by atoms with E-state index in [1.54, 1.807) is 30.3 Å². The van der Waals surface area contributed by atoms with E-state index in [2.05, 4.69) is 27.8 Å². The monoisotopic (exact) mass is 386 g/mol. The van der Waals surface area contributed by atoms with Crippen molar-refractivity contribution in [2.24, 2.45) is 0 Å². The second-order valence-corrected chi connectivity index (χ2v) is 7.28. The largest absolute Gasteiger partial charge is 0.399 e. The fourth-order valence-electron chi connectivity index (χ4n) is 3.62. The van der Waals surface area contributed by atoms with Crippen LogP contribution in [0.1, 0.15) is 38.9 Å². The summed E-state index contributed by atoms with van der Waals surface area (Å²) >= 11 is 0. The number of nitrogen functional groups attached to an aromatic ring is 1. The summed E-state index contributed by atoms with van der Waals surface area (Å²) in [5.41, 5.74) is 10.5. The molecular formula is C23H22N4O2. The van der Waals surface area contributed by atoms with Crippen molar-refractivity contribution in [3.63, 3.8) is 0 Å². The molecule has 0 radical (unpaired) electrons. The van der Waals surface area contributed by atoms with Crippen LogP contribution in [-0.2, 0) is 12.8 Å². The van der Waals surface area contributed by atoms with Crippen molar-refractivity contribution in [3.05, 3.63) is 83.0 Å². The normalized spacial score (nSPS) is 13.0. The molecule has 146 valence electrons. The number of nitrogens with zero attached hydrogens (tertiary/aromatic N) is 1. The molecule has 6 heteroatoms. The fourth-order valence-corrected chi connectivity index (χ4v) is 3.62. The molecule has 4 N–H and O–H groups in total. The minimum absolute atomic E-state index is 0.0215. The Morgan fingerprint density at radius 1 is 1.00 bits per heavy atom. The highest BCUT2D eigenvalue weighted by Gasteiger charge is 2.23. The van der Waals surface area contributed by atoms with Crippen molar-refractivity contribution < 1.29 is 9.59 Å². The van der Waals surface area contributed by atoms with Crippen molar-refractivity contribution in [2.75, 3.05) is 11.1 Å². The number of carbonyl (C=O) groups excluding carboxylic acids is 2. The third-order valence-electron chi connectivity index (χ3n) is 5.01. The van der Waals surface area contributed by atoms with Gasteiger partial charge < -0.3 is 16.4 Å². The maximum atomic E-state index is 12.8. The van der Waals surface area contributed by atoms with Crippen LogP contribution in [0.5, 0.6) is 0 Å². The summed E-state index contributed by atoms with van der Waals surface area (Å²) in [5.74, 6) is 0.174. The van der Waals surface area contributed by atoms with E-state index in [9.17, 15) is 9.59 Å². The second kappa shape index (κ2) is 7.75. The highest BCUT2D eigenvalue weighted by molar-refractivity contribution is 5.95. The number of nitrogens with one attached hydrogen (secondary N) is 2. The highest BCUT2D eigenvalue weighted by Crippen LogP contribution is 2.23. The van der Waals surface area contributed by atoms with E-state index in [4.69, 9.17) is 5.73 Å². The molecule has 29 heavy (non-hydrogen) atoms. The summed E-state index contributed by atoms with van der Waals surface area (Å²) in [4.78, 5) is 28.7. The topological polar surface area (TPSA) is 97.1 Å². The van der Waals surface area contributed by atoms with Crippen LogP contribution in [0.4, 0.5) is 17.2 Å². The lowest BCUT2D eigenvalue weighted by molar-refractivity contribution is 0.0933. The number of rotatable bonds is 5. The van der Waals surface area contributed by atoms with Gasteiger partial charge in [0.1, 0.15) is 11.5 Å². The molecule has 1 aromatic heterocycles. The fraction of sp³-hybridized carbons (Fsp3) is 0.174. The molecule has 1 heterocycles. The number of benzene rings is 2. The van der Waals surface area contributed by atoms with Gasteiger partial charge in [-0.05, 0) is 49.1 Å². The number of aromatic nitrogens is 1. The van der Waals surface area contributed by atoms with Gasteiger partial charge in [-0.15, -0.1) is 0 Å². The van der Waals surface area contributed by atoms with Crippen LogP contribution >= 0.6 is 0 Å². The van der Waals surface area contributed by atoms with Gasteiger partial charge in [-0.25, -0.2) is 4.98 Å². The summed E-state index contributed by atoms with van der Waals surface area (Å²) < 4.78 is 0. The Balaban J connectivity index is 1.49. The van der Waals surface area contributed by atoms with E-state index < -0.39 is 0 Å². The van der Waals surface area contributed by atoms with Gasteiger partial charge in [0.15, 0.2) is 5.78 Å². The second-order valence-electron chi connectivity index (χ2n) is 7.28. The third-order valence-corrected chi connectivity index (χ3v) is 5.01. The number of pyridine rings is 1. The van der Waals surface area contributed by atoms with Crippen molar-refractivity contribution in [1.82, 2.24) is 10.3 Å².